The van der Waals surface area contributed by atoms with Gasteiger partial charge in [0.1, 0.15) is 5.82 Å². The van der Waals surface area contributed by atoms with Gasteiger partial charge in [0.25, 0.3) is 5.91 Å². The highest BCUT2D eigenvalue weighted by atomic mass is 127. The van der Waals surface area contributed by atoms with E-state index in [-0.39, 0.29) is 5.91 Å². The van der Waals surface area contributed by atoms with Gasteiger partial charge in [-0.1, -0.05) is 6.07 Å². The van der Waals surface area contributed by atoms with Crippen molar-refractivity contribution in [3.05, 3.63) is 63.0 Å². The number of benzene rings is 2. The van der Waals surface area contributed by atoms with E-state index in [0.29, 0.717) is 11.3 Å². The third-order valence-corrected chi connectivity index (χ3v) is 3.06. The Hall–Kier alpha value is -1.43. The molecule has 0 saturated carbocycles. The van der Waals surface area contributed by atoms with Crippen LogP contribution in [0.15, 0.2) is 42.5 Å². The second kappa shape index (κ2) is 5.48. The fourth-order valence-corrected chi connectivity index (χ4v) is 2.18. The van der Waals surface area contributed by atoms with Crippen LogP contribution in [0.5, 0.6) is 0 Å². The third-order valence-electron chi connectivity index (χ3n) is 2.39. The average Bonchev–Trinajstić information content (AvgIpc) is 2.27. The minimum atomic E-state index is -0.400. The van der Waals surface area contributed by atoms with Gasteiger partial charge in [0.2, 0.25) is 0 Å². The van der Waals surface area contributed by atoms with Crippen molar-refractivity contribution in [2.45, 2.75) is 6.92 Å². The van der Waals surface area contributed by atoms with Gasteiger partial charge in [-0.2, -0.15) is 0 Å². The van der Waals surface area contributed by atoms with Crippen molar-refractivity contribution < 1.29 is 9.18 Å². The number of carbonyl (C=O) groups excluding carboxylic acids is 1. The molecule has 18 heavy (non-hydrogen) atoms. The smallest absolute Gasteiger partial charge is 0.255 e. The molecule has 4 heteroatoms. The SMILES string of the molecule is Cc1cc(F)cc(C(=O)Nc2cccc(I)c2)c1. The van der Waals surface area contributed by atoms with E-state index in [1.165, 1.54) is 12.1 Å². The van der Waals surface area contributed by atoms with Crippen LogP contribution in [0.4, 0.5) is 10.1 Å². The summed E-state index contributed by atoms with van der Waals surface area (Å²) in [6, 6.07) is 11.7. The normalized spacial score (nSPS) is 10.2. The second-order valence-electron chi connectivity index (χ2n) is 3.98. The summed E-state index contributed by atoms with van der Waals surface area (Å²) in [5.41, 5.74) is 1.75. The first-order valence-electron chi connectivity index (χ1n) is 5.39. The predicted molar refractivity (Wildman–Crippen MR) is 78.2 cm³/mol. The van der Waals surface area contributed by atoms with Crippen molar-refractivity contribution in [2.75, 3.05) is 5.32 Å². The molecule has 2 aromatic rings. The van der Waals surface area contributed by atoms with Crippen molar-refractivity contribution in [1.29, 1.82) is 0 Å². The van der Waals surface area contributed by atoms with Crippen molar-refractivity contribution >= 4 is 34.2 Å². The van der Waals surface area contributed by atoms with Gasteiger partial charge in [-0.25, -0.2) is 4.39 Å². The summed E-state index contributed by atoms with van der Waals surface area (Å²) in [6.45, 7) is 1.76. The monoisotopic (exact) mass is 355 g/mol. The Morgan fingerprint density at radius 2 is 2.00 bits per heavy atom. The van der Waals surface area contributed by atoms with Crippen LogP contribution in [0.25, 0.3) is 0 Å². The highest BCUT2D eigenvalue weighted by Crippen LogP contribution is 2.15. The first-order valence-corrected chi connectivity index (χ1v) is 6.46. The molecule has 2 rings (SSSR count). The molecule has 2 aromatic carbocycles. The van der Waals surface area contributed by atoms with E-state index in [4.69, 9.17) is 0 Å². The highest BCUT2D eigenvalue weighted by molar-refractivity contribution is 14.1. The molecule has 2 nitrogen and oxygen atoms in total. The minimum Gasteiger partial charge on any atom is -0.322 e. The Bertz CT molecular complexity index is 578. The first-order chi connectivity index (χ1) is 8.54. The quantitative estimate of drug-likeness (QED) is 0.811. The van der Waals surface area contributed by atoms with Crippen LogP contribution in [-0.2, 0) is 0 Å². The van der Waals surface area contributed by atoms with Gasteiger partial charge in [-0.3, -0.25) is 4.79 Å². The number of nitrogens with one attached hydrogen (secondary N) is 1. The summed E-state index contributed by atoms with van der Waals surface area (Å²) < 4.78 is 14.2. The molecule has 1 amide bonds. The van der Waals surface area contributed by atoms with E-state index in [2.05, 4.69) is 27.9 Å². The maximum absolute atomic E-state index is 13.2. The lowest BCUT2D eigenvalue weighted by molar-refractivity contribution is 0.102. The lowest BCUT2D eigenvalue weighted by Gasteiger charge is -2.06. The van der Waals surface area contributed by atoms with Gasteiger partial charge in [0.15, 0.2) is 0 Å². The fourth-order valence-electron chi connectivity index (χ4n) is 1.64. The molecule has 0 heterocycles. The Kier molecular flexibility index (Phi) is 3.96. The molecule has 1 N–H and O–H groups in total. The molecule has 0 spiro atoms. The van der Waals surface area contributed by atoms with E-state index >= 15 is 0 Å². The zero-order valence-electron chi connectivity index (χ0n) is 9.71. The van der Waals surface area contributed by atoms with Crippen LogP contribution < -0.4 is 5.32 Å². The summed E-state index contributed by atoms with van der Waals surface area (Å²) in [5.74, 6) is -0.706. The van der Waals surface area contributed by atoms with Gasteiger partial charge in [-0.15, -0.1) is 0 Å². The van der Waals surface area contributed by atoms with Crippen LogP contribution in [0.2, 0.25) is 0 Å². The van der Waals surface area contributed by atoms with Gasteiger partial charge >= 0.3 is 0 Å². The fraction of sp³-hybridized carbons (Fsp3) is 0.0714. The zero-order chi connectivity index (χ0) is 13.1. The van der Waals surface area contributed by atoms with E-state index < -0.39 is 5.82 Å². The summed E-state index contributed by atoms with van der Waals surface area (Å²) >= 11 is 2.17. The number of hydrogen-bond acceptors (Lipinski definition) is 1. The molecule has 92 valence electrons. The van der Waals surface area contributed by atoms with Crippen molar-refractivity contribution in [2.24, 2.45) is 0 Å². The Morgan fingerprint density at radius 3 is 2.67 bits per heavy atom. The zero-order valence-corrected chi connectivity index (χ0v) is 11.9. The Morgan fingerprint density at radius 1 is 1.22 bits per heavy atom. The molecule has 0 aliphatic heterocycles. The number of hydrogen-bond donors (Lipinski definition) is 1. The van der Waals surface area contributed by atoms with E-state index in [9.17, 15) is 9.18 Å². The molecule has 0 radical (unpaired) electrons. The molecule has 0 aromatic heterocycles. The largest absolute Gasteiger partial charge is 0.322 e. The lowest BCUT2D eigenvalue weighted by atomic mass is 10.1. The van der Waals surface area contributed by atoms with E-state index in [1.807, 2.05) is 18.2 Å². The summed E-state index contributed by atoms with van der Waals surface area (Å²) in [6.07, 6.45) is 0. The van der Waals surface area contributed by atoms with Crippen LogP contribution in [0, 0.1) is 16.3 Å². The highest BCUT2D eigenvalue weighted by Gasteiger charge is 2.08. The van der Waals surface area contributed by atoms with Gasteiger partial charge in [-0.05, 0) is 71.5 Å². The molecular weight excluding hydrogens is 344 g/mol. The molecule has 0 bridgehead atoms. The summed E-state index contributed by atoms with van der Waals surface area (Å²) in [7, 11) is 0. The van der Waals surface area contributed by atoms with E-state index in [1.54, 1.807) is 19.1 Å². The standard InChI is InChI=1S/C14H11FINO/c1-9-5-10(7-11(15)6-9)14(18)17-13-4-2-3-12(16)8-13/h2-8H,1H3,(H,17,18). The number of rotatable bonds is 2. The van der Waals surface area contributed by atoms with Crippen molar-refractivity contribution in [3.8, 4) is 0 Å². The predicted octanol–water partition coefficient (Wildman–Crippen LogP) is 3.99. The Balaban J connectivity index is 2.22. The number of aryl methyl sites for hydroxylation is 1. The minimum absolute atomic E-state index is 0.306. The topological polar surface area (TPSA) is 29.1 Å². The van der Waals surface area contributed by atoms with Crippen LogP contribution in [0.1, 0.15) is 15.9 Å². The van der Waals surface area contributed by atoms with Gasteiger partial charge in [0, 0.05) is 14.8 Å². The van der Waals surface area contributed by atoms with Crippen LogP contribution in [-0.4, -0.2) is 5.91 Å². The first kappa shape index (κ1) is 13.0. The lowest BCUT2D eigenvalue weighted by Crippen LogP contribution is -2.12. The second-order valence-corrected chi connectivity index (χ2v) is 5.23. The van der Waals surface area contributed by atoms with Gasteiger partial charge < -0.3 is 5.32 Å². The Labute approximate surface area is 118 Å². The molecule has 0 unspecified atom stereocenters. The number of amides is 1. The van der Waals surface area contributed by atoms with Gasteiger partial charge in [0.05, 0.1) is 0 Å². The van der Waals surface area contributed by atoms with E-state index in [0.717, 1.165) is 9.13 Å². The maximum Gasteiger partial charge on any atom is 0.255 e. The molecule has 0 fully saturated rings. The molecular formula is C14H11FINO. The molecule has 0 aliphatic carbocycles. The van der Waals surface area contributed by atoms with Crippen LogP contribution in [0.3, 0.4) is 0 Å². The molecule has 0 atom stereocenters. The molecule has 0 aliphatic rings. The van der Waals surface area contributed by atoms with Crippen molar-refractivity contribution in [1.82, 2.24) is 0 Å². The average molecular weight is 355 g/mol. The number of halogens is 2. The number of anilines is 1. The number of carbonyl (C=O) groups is 1. The maximum atomic E-state index is 13.2. The van der Waals surface area contributed by atoms with Crippen LogP contribution >= 0.6 is 22.6 Å². The third kappa shape index (κ3) is 3.29. The summed E-state index contributed by atoms with van der Waals surface area (Å²) in [4.78, 5) is 11.9. The summed E-state index contributed by atoms with van der Waals surface area (Å²) in [5, 5.41) is 2.74. The molecule has 0 saturated heterocycles. The van der Waals surface area contributed by atoms with Crippen molar-refractivity contribution in [3.63, 3.8) is 0 Å².